The van der Waals surface area contributed by atoms with Gasteiger partial charge in [0.25, 0.3) is 5.91 Å². The topological polar surface area (TPSA) is 78.5 Å². The molecule has 2 aliphatic rings. The van der Waals surface area contributed by atoms with Gasteiger partial charge in [0.05, 0.1) is 13.1 Å². The summed E-state index contributed by atoms with van der Waals surface area (Å²) in [6.45, 7) is 4.66. The van der Waals surface area contributed by atoms with E-state index in [4.69, 9.17) is 0 Å². The summed E-state index contributed by atoms with van der Waals surface area (Å²) in [6, 6.07) is 6.94. The highest BCUT2D eigenvalue weighted by Crippen LogP contribution is 2.29. The van der Waals surface area contributed by atoms with Gasteiger partial charge in [-0.2, -0.15) is 0 Å². The second-order valence-electron chi connectivity index (χ2n) is 7.19. The van der Waals surface area contributed by atoms with Crippen molar-refractivity contribution in [3.05, 3.63) is 35.4 Å². The zero-order valence-corrected chi connectivity index (χ0v) is 14.7. The van der Waals surface area contributed by atoms with Gasteiger partial charge in [0.15, 0.2) is 0 Å². The van der Waals surface area contributed by atoms with E-state index >= 15 is 0 Å². The standard InChI is InChI=1S/C19H25N3O3/c1-12-5-3-8-16(13(12)2)21-18(24)15-7-4-6-14(9-15)11-22-17(23)10-20-19(22)25/h4,6-7,9,12-13,16H,3,5,8,10-11H2,1-2H3,(H,20,25)(H,21,24)/t12-,13-,16-/m1/s1. The molecule has 1 heterocycles. The lowest BCUT2D eigenvalue weighted by Gasteiger charge is -2.34. The minimum Gasteiger partial charge on any atom is -0.349 e. The van der Waals surface area contributed by atoms with Crippen molar-refractivity contribution < 1.29 is 14.4 Å². The van der Waals surface area contributed by atoms with Gasteiger partial charge in [0.2, 0.25) is 5.91 Å². The largest absolute Gasteiger partial charge is 0.349 e. The van der Waals surface area contributed by atoms with Crippen molar-refractivity contribution in [2.75, 3.05) is 6.54 Å². The van der Waals surface area contributed by atoms with Crippen molar-refractivity contribution in [2.24, 2.45) is 11.8 Å². The van der Waals surface area contributed by atoms with Crippen LogP contribution in [0.25, 0.3) is 0 Å². The van der Waals surface area contributed by atoms with Crippen LogP contribution < -0.4 is 10.6 Å². The van der Waals surface area contributed by atoms with Crippen LogP contribution in [-0.2, 0) is 11.3 Å². The fourth-order valence-electron chi connectivity index (χ4n) is 3.65. The summed E-state index contributed by atoms with van der Waals surface area (Å²) >= 11 is 0. The quantitative estimate of drug-likeness (QED) is 0.824. The molecule has 1 aliphatic heterocycles. The maximum absolute atomic E-state index is 12.6. The molecule has 1 saturated carbocycles. The molecule has 6 nitrogen and oxygen atoms in total. The summed E-state index contributed by atoms with van der Waals surface area (Å²) in [5.74, 6) is 0.742. The van der Waals surface area contributed by atoms with Crippen LogP contribution in [0.5, 0.6) is 0 Å². The van der Waals surface area contributed by atoms with Gasteiger partial charge in [-0.3, -0.25) is 14.5 Å². The molecule has 0 aromatic heterocycles. The molecule has 4 amide bonds. The lowest BCUT2D eigenvalue weighted by Crippen LogP contribution is -2.43. The fourth-order valence-corrected chi connectivity index (χ4v) is 3.65. The number of hydrogen-bond donors (Lipinski definition) is 2. The van der Waals surface area contributed by atoms with E-state index in [9.17, 15) is 14.4 Å². The maximum atomic E-state index is 12.6. The third-order valence-corrected chi connectivity index (χ3v) is 5.49. The highest BCUT2D eigenvalue weighted by molar-refractivity contribution is 6.02. The fraction of sp³-hybridized carbons (Fsp3) is 0.526. The molecule has 6 heteroatoms. The predicted molar refractivity (Wildman–Crippen MR) is 93.8 cm³/mol. The van der Waals surface area contributed by atoms with E-state index in [-0.39, 0.29) is 37.0 Å². The molecular formula is C19H25N3O3. The van der Waals surface area contributed by atoms with Gasteiger partial charge in [-0.05, 0) is 36.0 Å². The molecule has 0 bridgehead atoms. The summed E-state index contributed by atoms with van der Waals surface area (Å²) in [5.41, 5.74) is 1.33. The Hall–Kier alpha value is -2.37. The Morgan fingerprint density at radius 1 is 1.28 bits per heavy atom. The molecule has 0 spiro atoms. The van der Waals surface area contributed by atoms with Crippen LogP contribution in [0.1, 0.15) is 49.0 Å². The van der Waals surface area contributed by atoms with Crippen molar-refractivity contribution in [1.82, 2.24) is 15.5 Å². The van der Waals surface area contributed by atoms with Crippen LogP contribution in [0, 0.1) is 11.8 Å². The highest BCUT2D eigenvalue weighted by Gasteiger charge is 2.29. The molecule has 1 aliphatic carbocycles. The van der Waals surface area contributed by atoms with Crippen LogP contribution >= 0.6 is 0 Å². The maximum Gasteiger partial charge on any atom is 0.324 e. The van der Waals surface area contributed by atoms with Gasteiger partial charge in [0.1, 0.15) is 0 Å². The molecule has 0 unspecified atom stereocenters. The molecule has 0 radical (unpaired) electrons. The molecule has 1 saturated heterocycles. The number of benzene rings is 1. The summed E-state index contributed by atoms with van der Waals surface area (Å²) in [4.78, 5) is 37.1. The SMILES string of the molecule is C[C@@H]1[C@H](C)CCC[C@H]1NC(=O)c1cccc(CN2C(=O)CNC2=O)c1. The Balaban J connectivity index is 1.67. The minimum absolute atomic E-state index is 0.0385. The zero-order chi connectivity index (χ0) is 18.0. The van der Waals surface area contributed by atoms with Gasteiger partial charge in [-0.1, -0.05) is 38.8 Å². The molecule has 3 atom stereocenters. The lowest BCUT2D eigenvalue weighted by atomic mass is 9.78. The number of hydrogen-bond acceptors (Lipinski definition) is 3. The lowest BCUT2D eigenvalue weighted by molar-refractivity contribution is -0.125. The molecule has 2 fully saturated rings. The molecule has 1 aromatic carbocycles. The molecule has 3 rings (SSSR count). The number of carbonyl (C=O) groups is 3. The third kappa shape index (κ3) is 3.83. The second kappa shape index (κ2) is 7.25. The smallest absolute Gasteiger partial charge is 0.324 e. The minimum atomic E-state index is -0.384. The number of imide groups is 1. The van der Waals surface area contributed by atoms with Crippen molar-refractivity contribution in [2.45, 2.75) is 45.7 Å². The van der Waals surface area contributed by atoms with Gasteiger partial charge < -0.3 is 10.6 Å². The summed E-state index contributed by atoms with van der Waals surface area (Å²) in [5, 5.41) is 5.65. The monoisotopic (exact) mass is 343 g/mol. The van der Waals surface area contributed by atoms with E-state index in [2.05, 4.69) is 24.5 Å². The van der Waals surface area contributed by atoms with Gasteiger partial charge >= 0.3 is 6.03 Å². The second-order valence-corrected chi connectivity index (χ2v) is 7.19. The Morgan fingerprint density at radius 2 is 2.08 bits per heavy atom. The summed E-state index contributed by atoms with van der Waals surface area (Å²) < 4.78 is 0. The Labute approximate surface area is 148 Å². The van der Waals surface area contributed by atoms with Crippen molar-refractivity contribution in [3.63, 3.8) is 0 Å². The Bertz CT molecular complexity index is 672. The third-order valence-electron chi connectivity index (χ3n) is 5.49. The number of carbonyl (C=O) groups excluding carboxylic acids is 3. The number of urea groups is 1. The molecular weight excluding hydrogens is 318 g/mol. The van der Waals surface area contributed by atoms with E-state index in [0.717, 1.165) is 18.4 Å². The van der Waals surface area contributed by atoms with Crippen LogP contribution in [-0.4, -0.2) is 35.3 Å². The Morgan fingerprint density at radius 3 is 2.80 bits per heavy atom. The molecule has 1 aromatic rings. The van der Waals surface area contributed by atoms with E-state index in [1.165, 1.54) is 11.3 Å². The highest BCUT2D eigenvalue weighted by atomic mass is 16.2. The first-order chi connectivity index (χ1) is 12.0. The number of rotatable bonds is 4. The number of nitrogens with one attached hydrogen (secondary N) is 2. The van der Waals surface area contributed by atoms with Gasteiger partial charge in [-0.15, -0.1) is 0 Å². The van der Waals surface area contributed by atoms with Crippen LogP contribution in [0.15, 0.2) is 24.3 Å². The first-order valence-corrected chi connectivity index (χ1v) is 8.93. The number of amides is 4. The van der Waals surface area contributed by atoms with E-state index < -0.39 is 0 Å². The average Bonchev–Trinajstić information content (AvgIpc) is 2.91. The zero-order valence-electron chi connectivity index (χ0n) is 14.7. The van der Waals surface area contributed by atoms with E-state index in [1.807, 2.05) is 6.07 Å². The predicted octanol–water partition coefficient (Wildman–Crippen LogP) is 2.29. The average molecular weight is 343 g/mol. The van der Waals surface area contributed by atoms with E-state index in [0.29, 0.717) is 17.4 Å². The van der Waals surface area contributed by atoms with Gasteiger partial charge in [0, 0.05) is 11.6 Å². The van der Waals surface area contributed by atoms with Gasteiger partial charge in [-0.25, -0.2) is 4.79 Å². The molecule has 2 N–H and O–H groups in total. The van der Waals surface area contributed by atoms with Crippen molar-refractivity contribution >= 4 is 17.8 Å². The normalized spacial score (nSPS) is 26.5. The Kier molecular flexibility index (Phi) is 5.06. The first kappa shape index (κ1) is 17.5. The molecule has 134 valence electrons. The molecule has 25 heavy (non-hydrogen) atoms. The first-order valence-electron chi connectivity index (χ1n) is 8.93. The van der Waals surface area contributed by atoms with E-state index in [1.54, 1.807) is 18.2 Å². The van der Waals surface area contributed by atoms with Crippen LogP contribution in [0.4, 0.5) is 4.79 Å². The number of nitrogens with zero attached hydrogens (tertiary/aromatic N) is 1. The summed E-state index contributed by atoms with van der Waals surface area (Å²) in [7, 11) is 0. The summed E-state index contributed by atoms with van der Waals surface area (Å²) in [6.07, 6.45) is 3.37. The van der Waals surface area contributed by atoms with Crippen molar-refractivity contribution in [3.8, 4) is 0 Å². The van der Waals surface area contributed by atoms with Crippen LogP contribution in [0.2, 0.25) is 0 Å². The van der Waals surface area contributed by atoms with Crippen molar-refractivity contribution in [1.29, 1.82) is 0 Å². The van der Waals surface area contributed by atoms with Crippen LogP contribution in [0.3, 0.4) is 0 Å².